The van der Waals surface area contributed by atoms with Gasteiger partial charge in [-0.2, -0.15) is 16.0 Å². The van der Waals surface area contributed by atoms with E-state index in [0.717, 1.165) is 13.1 Å². The number of rotatable bonds is 9. The third kappa shape index (κ3) is 4.75. The van der Waals surface area contributed by atoms with E-state index in [1.807, 2.05) is 5.38 Å². The Morgan fingerprint density at radius 3 is 2.76 bits per heavy atom. The highest BCUT2D eigenvalue weighted by molar-refractivity contribution is 7.08. The summed E-state index contributed by atoms with van der Waals surface area (Å²) >= 11 is 8.02. The van der Waals surface area contributed by atoms with E-state index in [-0.39, 0.29) is 11.9 Å². The molecular weight excluding hydrogens is 412 g/mol. The number of aromatic nitrogens is 4. The molecule has 2 heterocycles. The summed E-state index contributed by atoms with van der Waals surface area (Å²) in [6, 6.07) is 5.42. The Bertz CT molecular complexity index is 929. The minimum absolute atomic E-state index is 0.0992. The Balaban J connectivity index is 1.81. The first kappa shape index (κ1) is 21.2. The predicted octanol–water partition coefficient (Wildman–Crippen LogP) is 3.20. The molecule has 3 aromatic rings. The quantitative estimate of drug-likeness (QED) is 0.556. The van der Waals surface area contributed by atoms with Gasteiger partial charge in [0.05, 0.1) is 29.4 Å². The fraction of sp³-hybridized carbons (Fsp3) is 0.368. The van der Waals surface area contributed by atoms with E-state index in [2.05, 4.69) is 51.0 Å². The molecular formula is C19H23ClN6O2S. The normalized spacial score (nSPS) is 12.2. The van der Waals surface area contributed by atoms with Crippen molar-refractivity contribution in [2.45, 2.75) is 19.9 Å². The molecule has 0 saturated heterocycles. The van der Waals surface area contributed by atoms with Crippen LogP contribution in [0.15, 0.2) is 35.3 Å². The van der Waals surface area contributed by atoms with Gasteiger partial charge in [-0.05, 0) is 52.0 Å². The Hall–Kier alpha value is -2.49. The molecule has 0 fully saturated rings. The number of hydrogen-bond donors (Lipinski definition) is 1. The number of likely N-dealkylation sites (N-methyl/N-ethyl adjacent to an activating group) is 1. The van der Waals surface area contributed by atoms with Gasteiger partial charge in [-0.1, -0.05) is 25.4 Å². The van der Waals surface area contributed by atoms with Crippen molar-refractivity contribution >= 4 is 28.8 Å². The van der Waals surface area contributed by atoms with E-state index in [4.69, 9.17) is 16.3 Å². The van der Waals surface area contributed by atoms with Gasteiger partial charge < -0.3 is 10.1 Å². The van der Waals surface area contributed by atoms with Crippen LogP contribution in [0.3, 0.4) is 0 Å². The summed E-state index contributed by atoms with van der Waals surface area (Å²) in [7, 11) is 1.51. The van der Waals surface area contributed by atoms with Crippen molar-refractivity contribution in [2.24, 2.45) is 0 Å². The molecule has 10 heteroatoms. The minimum atomic E-state index is -0.251. The van der Waals surface area contributed by atoms with Crippen LogP contribution in [0, 0.1) is 0 Å². The number of tetrazole rings is 1. The molecule has 1 atom stereocenters. The summed E-state index contributed by atoms with van der Waals surface area (Å²) in [5, 5.41) is 18.6. The molecule has 1 unspecified atom stereocenters. The Morgan fingerprint density at radius 2 is 2.17 bits per heavy atom. The zero-order chi connectivity index (χ0) is 20.8. The maximum absolute atomic E-state index is 12.9. The van der Waals surface area contributed by atoms with E-state index < -0.39 is 0 Å². The summed E-state index contributed by atoms with van der Waals surface area (Å²) in [6.45, 7) is 6.49. The molecule has 0 bridgehead atoms. The zero-order valence-corrected chi connectivity index (χ0v) is 18.1. The first-order valence-electron chi connectivity index (χ1n) is 9.24. The van der Waals surface area contributed by atoms with Gasteiger partial charge in [0, 0.05) is 12.6 Å². The van der Waals surface area contributed by atoms with Crippen molar-refractivity contribution < 1.29 is 9.53 Å². The third-order valence-electron chi connectivity index (χ3n) is 4.75. The number of nitrogens with zero attached hydrogens (tertiary/aromatic N) is 5. The van der Waals surface area contributed by atoms with Crippen LogP contribution in [0.25, 0.3) is 5.69 Å². The van der Waals surface area contributed by atoms with Gasteiger partial charge in [0.15, 0.2) is 0 Å². The van der Waals surface area contributed by atoms with Crippen LogP contribution in [0.5, 0.6) is 5.75 Å². The van der Waals surface area contributed by atoms with Crippen LogP contribution in [0.4, 0.5) is 0 Å². The second-order valence-corrected chi connectivity index (χ2v) is 7.45. The average Bonchev–Trinajstić information content (AvgIpc) is 3.45. The van der Waals surface area contributed by atoms with Crippen molar-refractivity contribution in [3.63, 3.8) is 0 Å². The van der Waals surface area contributed by atoms with Crippen LogP contribution < -0.4 is 10.1 Å². The molecule has 1 N–H and O–H groups in total. The summed E-state index contributed by atoms with van der Waals surface area (Å²) in [6.07, 6.45) is 1.43. The molecule has 1 aromatic carbocycles. The second kappa shape index (κ2) is 9.82. The van der Waals surface area contributed by atoms with Crippen molar-refractivity contribution in [3.05, 3.63) is 51.4 Å². The molecule has 0 saturated carbocycles. The molecule has 2 aromatic heterocycles. The van der Waals surface area contributed by atoms with Crippen molar-refractivity contribution in [2.75, 3.05) is 26.7 Å². The van der Waals surface area contributed by atoms with Gasteiger partial charge >= 0.3 is 0 Å². The lowest BCUT2D eigenvalue weighted by Crippen LogP contribution is -2.38. The second-order valence-electron chi connectivity index (χ2n) is 6.26. The maximum atomic E-state index is 12.9. The van der Waals surface area contributed by atoms with Gasteiger partial charge in [-0.25, -0.2) is 0 Å². The number of benzene rings is 1. The first-order valence-corrected chi connectivity index (χ1v) is 10.6. The maximum Gasteiger partial charge on any atom is 0.255 e. The van der Waals surface area contributed by atoms with E-state index >= 15 is 0 Å². The van der Waals surface area contributed by atoms with Crippen molar-refractivity contribution in [1.82, 2.24) is 30.4 Å². The van der Waals surface area contributed by atoms with E-state index in [1.54, 1.807) is 23.5 Å². The molecule has 3 rings (SSSR count). The summed E-state index contributed by atoms with van der Waals surface area (Å²) in [5.41, 5.74) is 2.08. The van der Waals surface area contributed by atoms with Gasteiger partial charge in [-0.3, -0.25) is 9.69 Å². The molecule has 0 aliphatic rings. The number of halogens is 1. The van der Waals surface area contributed by atoms with Crippen LogP contribution in [0.2, 0.25) is 5.02 Å². The number of amides is 1. The molecule has 8 nitrogen and oxygen atoms in total. The smallest absolute Gasteiger partial charge is 0.255 e. The lowest BCUT2D eigenvalue weighted by Gasteiger charge is -2.29. The third-order valence-corrected chi connectivity index (χ3v) is 5.75. The number of carbonyl (C=O) groups is 1. The number of carbonyl (C=O) groups excluding carboxylic acids is 1. The predicted molar refractivity (Wildman–Crippen MR) is 113 cm³/mol. The zero-order valence-electron chi connectivity index (χ0n) is 16.5. The van der Waals surface area contributed by atoms with Crippen molar-refractivity contribution in [3.8, 4) is 11.4 Å². The lowest BCUT2D eigenvalue weighted by atomic mass is 10.1. The van der Waals surface area contributed by atoms with Crippen LogP contribution in [0.1, 0.15) is 35.8 Å². The average molecular weight is 435 g/mol. The molecule has 0 radical (unpaired) electrons. The number of hydrogen-bond acceptors (Lipinski definition) is 7. The highest BCUT2D eigenvalue weighted by atomic mass is 35.5. The molecule has 29 heavy (non-hydrogen) atoms. The van der Waals surface area contributed by atoms with Crippen LogP contribution in [-0.4, -0.2) is 57.8 Å². The number of ether oxygens (including phenoxy) is 1. The van der Waals surface area contributed by atoms with Gasteiger partial charge in [0.2, 0.25) is 0 Å². The van der Waals surface area contributed by atoms with E-state index in [9.17, 15) is 4.79 Å². The molecule has 154 valence electrons. The summed E-state index contributed by atoms with van der Waals surface area (Å²) < 4.78 is 6.84. The highest BCUT2D eigenvalue weighted by Crippen LogP contribution is 2.29. The minimum Gasteiger partial charge on any atom is -0.496 e. The molecule has 0 aliphatic heterocycles. The standard InChI is InChI=1S/C19H23ClN6O2S/c1-4-25(5-2)17(13-6-7-29-11-13)10-21-19(27)14-8-15(20)16(9-18(14)28-3)26-12-22-23-24-26/h6-9,11-12,17H,4-5,10H2,1-3H3,(H,21,27). The Kier molecular flexibility index (Phi) is 7.18. The number of thiophene rings is 1. The SMILES string of the molecule is CCN(CC)C(CNC(=O)c1cc(Cl)c(-n2cnnn2)cc1OC)c1ccsc1. The first-order chi connectivity index (χ1) is 14.1. The summed E-state index contributed by atoms with van der Waals surface area (Å²) in [4.78, 5) is 15.2. The molecule has 1 amide bonds. The topological polar surface area (TPSA) is 85.2 Å². The van der Waals surface area contributed by atoms with E-state index in [0.29, 0.717) is 28.6 Å². The number of nitrogens with one attached hydrogen (secondary N) is 1. The largest absolute Gasteiger partial charge is 0.496 e. The van der Waals surface area contributed by atoms with Crippen LogP contribution in [-0.2, 0) is 0 Å². The highest BCUT2D eigenvalue weighted by Gasteiger charge is 2.22. The Labute approximate surface area is 178 Å². The van der Waals surface area contributed by atoms with Crippen LogP contribution >= 0.6 is 22.9 Å². The molecule has 0 aliphatic carbocycles. The lowest BCUT2D eigenvalue weighted by molar-refractivity contribution is 0.0932. The monoisotopic (exact) mass is 434 g/mol. The van der Waals surface area contributed by atoms with Crippen molar-refractivity contribution in [1.29, 1.82) is 0 Å². The fourth-order valence-corrected chi connectivity index (χ4v) is 4.16. The fourth-order valence-electron chi connectivity index (χ4n) is 3.21. The molecule has 0 spiro atoms. The summed E-state index contributed by atoms with van der Waals surface area (Å²) in [5.74, 6) is 0.145. The number of methoxy groups -OCH3 is 1. The van der Waals surface area contributed by atoms with E-state index in [1.165, 1.54) is 23.7 Å². The Morgan fingerprint density at radius 1 is 1.38 bits per heavy atom. The van der Waals surface area contributed by atoms with Gasteiger partial charge in [-0.15, -0.1) is 5.10 Å². The van der Waals surface area contributed by atoms with Gasteiger partial charge in [0.25, 0.3) is 5.91 Å². The van der Waals surface area contributed by atoms with Gasteiger partial charge in [0.1, 0.15) is 12.1 Å².